The maximum atomic E-state index is 12.2. The third-order valence-corrected chi connectivity index (χ3v) is 4.46. The van der Waals surface area contributed by atoms with Crippen LogP contribution in [-0.2, 0) is 12.8 Å². The van der Waals surface area contributed by atoms with E-state index in [1.807, 2.05) is 13.0 Å². The van der Waals surface area contributed by atoms with Crippen molar-refractivity contribution >= 4 is 23.1 Å². The second kappa shape index (κ2) is 7.04. The summed E-state index contributed by atoms with van der Waals surface area (Å²) in [5.41, 5.74) is 6.69. The summed E-state index contributed by atoms with van der Waals surface area (Å²) in [5, 5.41) is 16.1. The Labute approximate surface area is 132 Å². The highest BCUT2D eigenvalue weighted by Crippen LogP contribution is 2.16. The van der Waals surface area contributed by atoms with Gasteiger partial charge in [0.2, 0.25) is 0 Å². The Morgan fingerprint density at radius 2 is 2.36 bits per heavy atom. The SMILES string of the molecule is CCc1cnc(C(=O)N(C)CCCc2[nH]nc(N)c2C#N)s1. The molecule has 116 valence electrons. The normalized spacial score (nSPS) is 10.4. The lowest BCUT2D eigenvalue weighted by molar-refractivity contribution is 0.0793. The predicted molar refractivity (Wildman–Crippen MR) is 84.5 cm³/mol. The van der Waals surface area contributed by atoms with Crippen LogP contribution in [0.5, 0.6) is 0 Å². The molecule has 0 bridgehead atoms. The fraction of sp³-hybridized carbons (Fsp3) is 0.429. The van der Waals surface area contributed by atoms with Gasteiger partial charge in [-0.1, -0.05) is 6.92 Å². The number of carbonyl (C=O) groups is 1. The van der Waals surface area contributed by atoms with Crippen molar-refractivity contribution in [2.24, 2.45) is 0 Å². The molecule has 0 aliphatic carbocycles. The summed E-state index contributed by atoms with van der Waals surface area (Å²) < 4.78 is 0. The van der Waals surface area contributed by atoms with Crippen LogP contribution in [0.2, 0.25) is 0 Å². The molecular weight excluding hydrogens is 300 g/mol. The van der Waals surface area contributed by atoms with Crippen molar-refractivity contribution in [1.29, 1.82) is 5.26 Å². The summed E-state index contributed by atoms with van der Waals surface area (Å²) in [6, 6.07) is 2.03. The van der Waals surface area contributed by atoms with E-state index < -0.39 is 0 Å². The number of hydrogen-bond donors (Lipinski definition) is 2. The zero-order chi connectivity index (χ0) is 16.1. The van der Waals surface area contributed by atoms with Gasteiger partial charge in [-0.2, -0.15) is 10.4 Å². The Morgan fingerprint density at radius 1 is 1.59 bits per heavy atom. The lowest BCUT2D eigenvalue weighted by atomic mass is 10.1. The van der Waals surface area contributed by atoms with Gasteiger partial charge in [-0.3, -0.25) is 9.89 Å². The maximum absolute atomic E-state index is 12.2. The molecule has 0 spiro atoms. The number of aromatic nitrogens is 3. The molecule has 0 aliphatic heterocycles. The molecule has 0 atom stereocenters. The second-order valence-corrected chi connectivity index (χ2v) is 6.00. The first-order valence-electron chi connectivity index (χ1n) is 6.99. The minimum absolute atomic E-state index is 0.0747. The number of nitrogens with zero attached hydrogens (tertiary/aromatic N) is 4. The molecule has 7 nitrogen and oxygen atoms in total. The molecule has 22 heavy (non-hydrogen) atoms. The van der Waals surface area contributed by atoms with E-state index in [0.717, 1.165) is 11.3 Å². The van der Waals surface area contributed by atoms with Gasteiger partial charge >= 0.3 is 0 Å². The molecular formula is C14H18N6OS. The van der Waals surface area contributed by atoms with E-state index in [1.54, 1.807) is 18.1 Å². The number of carbonyl (C=O) groups excluding carboxylic acids is 1. The molecule has 0 unspecified atom stereocenters. The topological polar surface area (TPSA) is 112 Å². The highest BCUT2D eigenvalue weighted by atomic mass is 32.1. The number of rotatable bonds is 6. The molecule has 0 aromatic carbocycles. The zero-order valence-electron chi connectivity index (χ0n) is 12.6. The van der Waals surface area contributed by atoms with E-state index in [4.69, 9.17) is 11.0 Å². The first-order chi connectivity index (χ1) is 10.6. The molecule has 2 aromatic rings. The number of hydrogen-bond acceptors (Lipinski definition) is 6. The van der Waals surface area contributed by atoms with Gasteiger partial charge in [0.25, 0.3) is 5.91 Å². The number of aryl methyl sites for hydroxylation is 2. The predicted octanol–water partition coefficient (Wildman–Crippen LogP) is 1.59. The van der Waals surface area contributed by atoms with Crippen LogP contribution in [0.1, 0.15) is 39.3 Å². The first kappa shape index (κ1) is 16.0. The zero-order valence-corrected chi connectivity index (χ0v) is 13.4. The Hall–Kier alpha value is -2.40. The number of anilines is 1. The van der Waals surface area contributed by atoms with E-state index in [1.165, 1.54) is 11.3 Å². The van der Waals surface area contributed by atoms with Crippen LogP contribution in [0, 0.1) is 11.3 Å². The second-order valence-electron chi connectivity index (χ2n) is 4.89. The highest BCUT2D eigenvalue weighted by molar-refractivity contribution is 7.13. The van der Waals surface area contributed by atoms with Crippen molar-refractivity contribution in [3.8, 4) is 6.07 Å². The standard InChI is InChI=1S/C14H18N6OS/c1-3-9-8-17-13(22-9)14(21)20(2)6-4-5-11-10(7-15)12(16)19-18-11/h8H,3-6H2,1-2H3,(H3,16,18,19). The molecule has 2 rings (SSSR count). The number of nitrogens with one attached hydrogen (secondary N) is 1. The van der Waals surface area contributed by atoms with Crippen molar-refractivity contribution in [2.75, 3.05) is 19.3 Å². The minimum atomic E-state index is -0.0747. The van der Waals surface area contributed by atoms with Crippen molar-refractivity contribution in [3.05, 3.63) is 27.3 Å². The quantitative estimate of drug-likeness (QED) is 0.840. The average molecular weight is 318 g/mol. The summed E-state index contributed by atoms with van der Waals surface area (Å²) in [5.74, 6) is 0.145. The fourth-order valence-electron chi connectivity index (χ4n) is 2.03. The number of amides is 1. The van der Waals surface area contributed by atoms with Crippen molar-refractivity contribution in [3.63, 3.8) is 0 Å². The van der Waals surface area contributed by atoms with E-state index in [2.05, 4.69) is 15.2 Å². The first-order valence-corrected chi connectivity index (χ1v) is 7.81. The number of nitrogen functional groups attached to an aromatic ring is 1. The molecule has 8 heteroatoms. The van der Waals surface area contributed by atoms with Crippen LogP contribution in [0.15, 0.2) is 6.20 Å². The Morgan fingerprint density at radius 3 is 3.00 bits per heavy atom. The van der Waals surface area contributed by atoms with Crippen LogP contribution >= 0.6 is 11.3 Å². The van der Waals surface area contributed by atoms with Gasteiger partial charge in [0, 0.05) is 24.7 Å². The lowest BCUT2D eigenvalue weighted by Crippen LogP contribution is -2.27. The highest BCUT2D eigenvalue weighted by Gasteiger charge is 2.16. The van der Waals surface area contributed by atoms with E-state index in [0.29, 0.717) is 35.7 Å². The monoisotopic (exact) mass is 318 g/mol. The van der Waals surface area contributed by atoms with Crippen LogP contribution in [0.25, 0.3) is 0 Å². The van der Waals surface area contributed by atoms with Crippen molar-refractivity contribution in [2.45, 2.75) is 26.2 Å². The number of nitriles is 1. The van der Waals surface area contributed by atoms with Crippen LogP contribution in [-0.4, -0.2) is 39.6 Å². The third kappa shape index (κ3) is 3.43. The number of H-pyrrole nitrogens is 1. The van der Waals surface area contributed by atoms with Crippen LogP contribution < -0.4 is 5.73 Å². The fourth-order valence-corrected chi connectivity index (χ4v) is 2.87. The smallest absolute Gasteiger partial charge is 0.282 e. The number of nitrogens with two attached hydrogens (primary N) is 1. The van der Waals surface area contributed by atoms with Gasteiger partial charge in [0.15, 0.2) is 10.8 Å². The third-order valence-electron chi connectivity index (χ3n) is 3.33. The van der Waals surface area contributed by atoms with Gasteiger partial charge in [-0.25, -0.2) is 4.98 Å². The summed E-state index contributed by atoms with van der Waals surface area (Å²) >= 11 is 1.43. The van der Waals surface area contributed by atoms with Crippen molar-refractivity contribution < 1.29 is 4.79 Å². The van der Waals surface area contributed by atoms with Crippen LogP contribution in [0.3, 0.4) is 0 Å². The van der Waals surface area contributed by atoms with Crippen molar-refractivity contribution in [1.82, 2.24) is 20.1 Å². The van der Waals surface area contributed by atoms with Gasteiger partial charge in [0.05, 0.1) is 5.69 Å². The molecule has 2 heterocycles. The largest absolute Gasteiger partial charge is 0.381 e. The van der Waals surface area contributed by atoms with Gasteiger partial charge < -0.3 is 10.6 Å². The molecule has 0 saturated heterocycles. The lowest BCUT2D eigenvalue weighted by Gasteiger charge is -2.15. The Kier molecular flexibility index (Phi) is 5.12. The maximum Gasteiger partial charge on any atom is 0.282 e. The summed E-state index contributed by atoms with van der Waals surface area (Å²) in [6.45, 7) is 2.61. The molecule has 0 radical (unpaired) electrons. The molecule has 0 fully saturated rings. The van der Waals surface area contributed by atoms with Gasteiger partial charge in [-0.15, -0.1) is 11.3 Å². The number of thiazole rings is 1. The molecule has 2 aromatic heterocycles. The van der Waals surface area contributed by atoms with E-state index in [9.17, 15) is 4.79 Å². The minimum Gasteiger partial charge on any atom is -0.381 e. The number of aromatic amines is 1. The summed E-state index contributed by atoms with van der Waals surface area (Å²) in [7, 11) is 1.75. The molecule has 0 saturated carbocycles. The Balaban J connectivity index is 1.88. The van der Waals surface area contributed by atoms with E-state index >= 15 is 0 Å². The van der Waals surface area contributed by atoms with Gasteiger partial charge in [0.1, 0.15) is 11.6 Å². The van der Waals surface area contributed by atoms with Crippen LogP contribution in [0.4, 0.5) is 5.82 Å². The summed E-state index contributed by atoms with van der Waals surface area (Å²) in [4.78, 5) is 19.1. The summed E-state index contributed by atoms with van der Waals surface area (Å²) in [6.07, 6.45) is 3.96. The molecule has 3 N–H and O–H groups in total. The van der Waals surface area contributed by atoms with Gasteiger partial charge in [-0.05, 0) is 19.3 Å². The Bertz CT molecular complexity index is 698. The average Bonchev–Trinajstić information content (AvgIpc) is 3.13. The molecule has 1 amide bonds. The van der Waals surface area contributed by atoms with E-state index in [-0.39, 0.29) is 11.7 Å². The molecule has 0 aliphatic rings.